The Labute approximate surface area is 186 Å². The molecule has 3 atom stereocenters. The number of rotatable bonds is 3. The Bertz CT molecular complexity index is 790. The first kappa shape index (κ1) is 22.0. The van der Waals surface area contributed by atoms with E-state index in [2.05, 4.69) is 36.6 Å². The summed E-state index contributed by atoms with van der Waals surface area (Å²) in [4.78, 5) is 20.6. The van der Waals surface area contributed by atoms with Gasteiger partial charge in [-0.25, -0.2) is 0 Å². The zero-order valence-corrected chi connectivity index (χ0v) is 19.3. The first-order valence-electron chi connectivity index (χ1n) is 11.7. The summed E-state index contributed by atoms with van der Waals surface area (Å²) in [7, 11) is 0. The molecule has 1 spiro atoms. The van der Waals surface area contributed by atoms with Gasteiger partial charge in [-0.3, -0.25) is 9.28 Å². The van der Waals surface area contributed by atoms with E-state index in [1.807, 2.05) is 4.90 Å². The van der Waals surface area contributed by atoms with Crippen molar-refractivity contribution in [1.29, 1.82) is 0 Å². The summed E-state index contributed by atoms with van der Waals surface area (Å²) in [6.07, 6.45) is 6.72. The molecular formula is C23H37ClN5O+. The highest BCUT2D eigenvalue weighted by Crippen LogP contribution is 2.43. The summed E-state index contributed by atoms with van der Waals surface area (Å²) in [5, 5.41) is 6.98. The topological polar surface area (TPSA) is 57.3 Å². The average molecular weight is 435 g/mol. The number of halogens is 1. The van der Waals surface area contributed by atoms with E-state index in [1.165, 1.54) is 31.6 Å². The Kier molecular flexibility index (Phi) is 6.14. The molecule has 1 amide bonds. The number of anilines is 1. The lowest BCUT2D eigenvalue weighted by atomic mass is 9.77. The van der Waals surface area contributed by atoms with Crippen LogP contribution in [0.25, 0.3) is 0 Å². The number of amides is 1. The van der Waals surface area contributed by atoms with E-state index >= 15 is 0 Å². The Morgan fingerprint density at radius 3 is 2.57 bits per heavy atom. The van der Waals surface area contributed by atoms with Gasteiger partial charge in [-0.05, 0) is 52.3 Å². The molecule has 4 aliphatic heterocycles. The van der Waals surface area contributed by atoms with Crippen molar-refractivity contribution in [3.05, 3.63) is 17.8 Å². The molecule has 4 aliphatic rings. The molecule has 7 heteroatoms. The summed E-state index contributed by atoms with van der Waals surface area (Å²) in [6.45, 7) is 10.7. The summed E-state index contributed by atoms with van der Waals surface area (Å²) in [6, 6.07) is 5.67. The van der Waals surface area contributed by atoms with Crippen molar-refractivity contribution in [3.63, 3.8) is 0 Å². The number of pyridine rings is 1. The predicted molar refractivity (Wildman–Crippen MR) is 124 cm³/mol. The molecule has 30 heavy (non-hydrogen) atoms. The number of nitrogens with one attached hydrogen (secondary N) is 2. The number of carbonyl (C=O) groups is 1. The van der Waals surface area contributed by atoms with Crippen LogP contribution in [0, 0.1) is 12.3 Å². The van der Waals surface area contributed by atoms with Gasteiger partial charge in [0.1, 0.15) is 6.04 Å². The molecule has 6 nitrogen and oxygen atoms in total. The third-order valence-corrected chi connectivity index (χ3v) is 8.46. The highest BCUT2D eigenvalue weighted by molar-refractivity contribution is 6.00. The number of quaternary nitrogens is 1. The summed E-state index contributed by atoms with van der Waals surface area (Å²) in [5.74, 6) is 1.54. The molecule has 1 aromatic rings. The van der Waals surface area contributed by atoms with E-state index in [-0.39, 0.29) is 17.8 Å². The second kappa shape index (κ2) is 8.38. The van der Waals surface area contributed by atoms with Gasteiger partial charge >= 0.3 is 0 Å². The molecule has 0 radical (unpaired) electrons. The number of hydrogen-bond acceptors (Lipinski definition) is 4. The predicted octanol–water partition coefficient (Wildman–Crippen LogP) is 2.77. The monoisotopic (exact) mass is 434 g/mol. The molecule has 1 unspecified atom stereocenters. The molecule has 5 rings (SSSR count). The zero-order valence-electron chi connectivity index (χ0n) is 18.5. The van der Waals surface area contributed by atoms with Gasteiger partial charge < -0.3 is 15.5 Å². The van der Waals surface area contributed by atoms with Crippen molar-refractivity contribution >= 4 is 29.8 Å². The number of aryl methyl sites for hydroxylation is 1. The number of carbonyl (C=O) groups excluding carboxylic acids is 1. The molecule has 5 heterocycles. The third-order valence-electron chi connectivity index (χ3n) is 8.46. The number of likely N-dealkylation sites (tertiary alicyclic amines) is 1. The standard InChI is InChI=1S/C23H36N5O.ClH/c1-17-4-3-15-28(17,19-7-11-25-16-19)21-6-5-20(18(2)26-21)27-14-10-23(22(27)29)8-12-24-13-9-23;/h5-6,17,19,24-25H,3-4,7-16H2,1-2H3;1H/q+1;/t17-,19+,28?;/m0./s1. The van der Waals surface area contributed by atoms with Gasteiger partial charge in [0.2, 0.25) is 11.7 Å². The van der Waals surface area contributed by atoms with E-state index in [9.17, 15) is 4.79 Å². The minimum atomic E-state index is -0.136. The quantitative estimate of drug-likeness (QED) is 0.718. The minimum absolute atomic E-state index is 0. The lowest BCUT2D eigenvalue weighted by Gasteiger charge is -2.42. The van der Waals surface area contributed by atoms with E-state index in [4.69, 9.17) is 4.98 Å². The maximum absolute atomic E-state index is 13.4. The molecule has 1 aromatic heterocycles. The summed E-state index contributed by atoms with van der Waals surface area (Å²) >= 11 is 0. The third kappa shape index (κ3) is 3.27. The Balaban J connectivity index is 0.00000218. The van der Waals surface area contributed by atoms with E-state index in [0.717, 1.165) is 67.9 Å². The molecule has 166 valence electrons. The van der Waals surface area contributed by atoms with Gasteiger partial charge in [-0.1, -0.05) is 0 Å². The van der Waals surface area contributed by atoms with Crippen molar-refractivity contribution < 1.29 is 4.79 Å². The number of aromatic nitrogens is 1. The number of hydrogen-bond donors (Lipinski definition) is 2. The molecule has 2 N–H and O–H groups in total. The fourth-order valence-electron chi connectivity index (χ4n) is 6.68. The maximum Gasteiger partial charge on any atom is 0.233 e. The summed E-state index contributed by atoms with van der Waals surface area (Å²) in [5.41, 5.74) is 1.91. The van der Waals surface area contributed by atoms with Crippen LogP contribution in [-0.4, -0.2) is 62.2 Å². The molecule has 0 saturated carbocycles. The molecule has 0 aliphatic carbocycles. The van der Waals surface area contributed by atoms with Crippen molar-refractivity contribution in [3.8, 4) is 0 Å². The lowest BCUT2D eigenvalue weighted by molar-refractivity contribution is -0.126. The summed E-state index contributed by atoms with van der Waals surface area (Å²) < 4.78 is 1.03. The highest BCUT2D eigenvalue weighted by Gasteiger charge is 2.50. The van der Waals surface area contributed by atoms with Crippen molar-refractivity contribution in [2.75, 3.05) is 44.2 Å². The van der Waals surface area contributed by atoms with Gasteiger partial charge in [0.15, 0.2) is 0 Å². The van der Waals surface area contributed by atoms with Crippen LogP contribution >= 0.6 is 12.4 Å². The van der Waals surface area contributed by atoms with E-state index in [1.54, 1.807) is 0 Å². The van der Waals surface area contributed by atoms with Gasteiger partial charge in [0, 0.05) is 45.0 Å². The molecule has 4 saturated heterocycles. The van der Waals surface area contributed by atoms with Crippen molar-refractivity contribution in [1.82, 2.24) is 20.1 Å². The van der Waals surface area contributed by atoms with Gasteiger partial charge in [-0.2, -0.15) is 4.98 Å². The van der Waals surface area contributed by atoms with E-state index < -0.39 is 0 Å². The Hall–Kier alpha value is -1.21. The van der Waals surface area contributed by atoms with Crippen LogP contribution in [-0.2, 0) is 4.79 Å². The number of nitrogens with zero attached hydrogens (tertiary/aromatic N) is 3. The van der Waals surface area contributed by atoms with Crippen LogP contribution in [0.3, 0.4) is 0 Å². The van der Waals surface area contributed by atoms with Crippen LogP contribution in [0.4, 0.5) is 11.5 Å². The average Bonchev–Trinajstić information content (AvgIpc) is 3.45. The number of piperidine rings is 1. The zero-order chi connectivity index (χ0) is 20.1. The van der Waals surface area contributed by atoms with E-state index in [0.29, 0.717) is 18.0 Å². The lowest BCUT2D eigenvalue weighted by Crippen LogP contribution is -2.60. The second-order valence-electron chi connectivity index (χ2n) is 9.80. The van der Waals surface area contributed by atoms with Gasteiger partial charge in [0.05, 0.1) is 29.4 Å². The van der Waals surface area contributed by atoms with Crippen molar-refractivity contribution in [2.24, 2.45) is 5.41 Å². The first-order chi connectivity index (χ1) is 14.1. The van der Waals surface area contributed by atoms with Gasteiger partial charge in [-0.15, -0.1) is 12.4 Å². The molecular weight excluding hydrogens is 398 g/mol. The van der Waals surface area contributed by atoms with Crippen LogP contribution in [0.2, 0.25) is 0 Å². The first-order valence-corrected chi connectivity index (χ1v) is 11.7. The Morgan fingerprint density at radius 1 is 1.13 bits per heavy atom. The SMILES string of the molecule is Cc1nc([N+]2([C@@H]3CCNC3)CCC[C@@H]2C)ccc1N1CCC2(CCNCC2)C1=O.Cl. The second-order valence-corrected chi connectivity index (χ2v) is 9.80. The Morgan fingerprint density at radius 2 is 1.93 bits per heavy atom. The van der Waals surface area contributed by atoms with Gasteiger partial charge in [0.25, 0.3) is 0 Å². The smallest absolute Gasteiger partial charge is 0.233 e. The molecule has 4 fully saturated rings. The van der Waals surface area contributed by atoms with Crippen LogP contribution in [0.15, 0.2) is 12.1 Å². The van der Waals surface area contributed by atoms with Crippen molar-refractivity contribution in [2.45, 2.75) is 64.5 Å². The minimum Gasteiger partial charge on any atom is -0.317 e. The molecule has 0 aromatic carbocycles. The van der Waals surface area contributed by atoms with Crippen LogP contribution in [0.1, 0.15) is 51.1 Å². The highest BCUT2D eigenvalue weighted by atomic mass is 35.5. The maximum atomic E-state index is 13.4. The fourth-order valence-corrected chi connectivity index (χ4v) is 6.68. The largest absolute Gasteiger partial charge is 0.317 e. The molecule has 0 bridgehead atoms. The normalized spacial score (nSPS) is 33.3. The van der Waals surface area contributed by atoms with Crippen LogP contribution in [0.5, 0.6) is 0 Å². The fraction of sp³-hybridized carbons (Fsp3) is 0.739. The van der Waals surface area contributed by atoms with Crippen LogP contribution < -0.4 is 20.0 Å².